The summed E-state index contributed by atoms with van der Waals surface area (Å²) in [5.74, 6) is 0.695. The molecule has 0 radical (unpaired) electrons. The topological polar surface area (TPSA) is 12.0 Å². The molecule has 0 aliphatic heterocycles. The minimum Gasteiger partial charge on any atom is -0.255 e. The fraction of sp³-hybridized carbons (Fsp3) is 0.739. The monoisotopic (exact) mass is 457 g/mol. The van der Waals surface area contributed by atoms with E-state index in [9.17, 15) is 0 Å². The molecule has 1 nitrogen and oxygen atoms in total. The van der Waals surface area contributed by atoms with Crippen molar-refractivity contribution in [1.29, 1.82) is 0 Å². The lowest BCUT2D eigenvalue weighted by atomic mass is 9.80. The maximum absolute atomic E-state index is 3.52. The third-order valence-electron chi connectivity index (χ3n) is 5.50. The first-order chi connectivity index (χ1) is 12.1. The van der Waals surface area contributed by atoms with Crippen molar-refractivity contribution < 1.29 is 0 Å². The first-order valence-electron chi connectivity index (χ1n) is 10.5. The van der Waals surface area contributed by atoms with Gasteiger partial charge in [0.05, 0.1) is 0 Å². The van der Waals surface area contributed by atoms with E-state index in [0.29, 0.717) is 5.92 Å². The lowest BCUT2D eigenvalue weighted by Gasteiger charge is -2.33. The first-order valence-corrected chi connectivity index (χ1v) is 11.6. The molecule has 1 N–H and O–H groups in total. The van der Waals surface area contributed by atoms with Crippen molar-refractivity contribution in [2.24, 2.45) is 5.92 Å². The van der Waals surface area contributed by atoms with Gasteiger partial charge in [0.25, 0.3) is 0 Å². The van der Waals surface area contributed by atoms with Crippen LogP contribution in [0.25, 0.3) is 0 Å². The van der Waals surface area contributed by atoms with E-state index in [0.717, 1.165) is 0 Å². The highest BCUT2D eigenvalue weighted by atomic mass is 127. The van der Waals surface area contributed by atoms with E-state index in [-0.39, 0.29) is 5.54 Å². The van der Waals surface area contributed by atoms with Crippen LogP contribution in [0.1, 0.15) is 97.0 Å². The van der Waals surface area contributed by atoms with Crippen LogP contribution in [0.5, 0.6) is 0 Å². The highest BCUT2D eigenvalue weighted by molar-refractivity contribution is 14.1. The summed E-state index contributed by atoms with van der Waals surface area (Å²) in [4.78, 5) is 0. The predicted molar refractivity (Wildman–Crippen MR) is 121 cm³/mol. The van der Waals surface area contributed by atoms with Crippen molar-refractivity contribution in [2.75, 3.05) is 0 Å². The Morgan fingerprint density at radius 2 is 1.36 bits per heavy atom. The Morgan fingerprint density at radius 3 is 1.88 bits per heavy atom. The summed E-state index contributed by atoms with van der Waals surface area (Å²) in [5.41, 5.74) is 1.66. The molecule has 0 aromatic heterocycles. The molecule has 0 amide bonds. The number of unbranched alkanes of at least 4 members (excludes halogenated alkanes) is 9. The Labute approximate surface area is 171 Å². The van der Waals surface area contributed by atoms with Crippen LogP contribution in [0, 0.1) is 5.92 Å². The Balaban J connectivity index is 2.23. The summed E-state index contributed by atoms with van der Waals surface area (Å²) in [7, 11) is 0. The SMILES string of the molecule is CCCCCCCCCCCCC(Cc1ccccc1)C(C)(C)NI. The predicted octanol–water partition coefficient (Wildman–Crippen LogP) is 7.87. The van der Waals surface area contributed by atoms with Gasteiger partial charge in [-0.05, 0) is 38.2 Å². The molecule has 1 atom stereocenters. The molecule has 0 aliphatic rings. The molecule has 1 rings (SSSR count). The number of nitrogens with one attached hydrogen (secondary N) is 1. The van der Waals surface area contributed by atoms with Gasteiger partial charge in [0.2, 0.25) is 0 Å². The van der Waals surface area contributed by atoms with Crippen LogP contribution >= 0.6 is 22.9 Å². The van der Waals surface area contributed by atoms with Gasteiger partial charge in [0.1, 0.15) is 0 Å². The van der Waals surface area contributed by atoms with Gasteiger partial charge in [-0.15, -0.1) is 0 Å². The highest BCUT2D eigenvalue weighted by Gasteiger charge is 2.27. The molecule has 0 saturated heterocycles. The molecule has 1 aromatic rings. The zero-order chi connectivity index (χ0) is 18.4. The summed E-state index contributed by atoms with van der Waals surface area (Å²) in [6.07, 6.45) is 16.7. The molecule has 2 heteroatoms. The van der Waals surface area contributed by atoms with E-state index in [4.69, 9.17) is 0 Å². The molecule has 0 spiro atoms. The lowest BCUT2D eigenvalue weighted by molar-refractivity contribution is 0.278. The second-order valence-electron chi connectivity index (χ2n) is 8.17. The molecule has 0 heterocycles. The molecule has 0 bridgehead atoms. The summed E-state index contributed by atoms with van der Waals surface area (Å²) in [6, 6.07) is 11.0. The summed E-state index contributed by atoms with van der Waals surface area (Å²) >= 11 is 2.33. The molecule has 0 saturated carbocycles. The number of hydrogen-bond acceptors (Lipinski definition) is 1. The van der Waals surface area contributed by atoms with Crippen molar-refractivity contribution in [3.8, 4) is 0 Å². The van der Waals surface area contributed by atoms with Crippen LogP contribution in [-0.2, 0) is 6.42 Å². The van der Waals surface area contributed by atoms with E-state index in [1.807, 2.05) is 0 Å². The molecule has 25 heavy (non-hydrogen) atoms. The van der Waals surface area contributed by atoms with E-state index >= 15 is 0 Å². The Bertz CT molecular complexity index is 415. The molecule has 144 valence electrons. The zero-order valence-corrected chi connectivity index (χ0v) is 19.0. The van der Waals surface area contributed by atoms with Crippen molar-refractivity contribution >= 4 is 22.9 Å². The summed E-state index contributed by atoms with van der Waals surface area (Å²) in [5, 5.41) is 0. The normalized spacial score (nSPS) is 13.1. The third-order valence-corrected chi connectivity index (χ3v) is 6.89. The highest BCUT2D eigenvalue weighted by Crippen LogP contribution is 2.28. The second kappa shape index (κ2) is 14.0. The van der Waals surface area contributed by atoms with Crippen LogP contribution in [0.2, 0.25) is 0 Å². The Morgan fingerprint density at radius 1 is 0.840 bits per heavy atom. The number of benzene rings is 1. The number of hydrogen-bond donors (Lipinski definition) is 1. The zero-order valence-electron chi connectivity index (χ0n) is 16.8. The average molecular weight is 457 g/mol. The van der Waals surface area contributed by atoms with E-state index in [1.54, 1.807) is 0 Å². The van der Waals surface area contributed by atoms with Crippen LogP contribution in [-0.4, -0.2) is 5.54 Å². The van der Waals surface area contributed by atoms with Gasteiger partial charge in [-0.25, -0.2) is 0 Å². The second-order valence-corrected chi connectivity index (χ2v) is 8.71. The molecule has 1 aromatic carbocycles. The number of rotatable bonds is 15. The standard InChI is InChI=1S/C23H40IN/c1-4-5-6-7-8-9-10-11-12-16-19-22(23(2,3)25-24)20-21-17-14-13-15-18-21/h13-15,17-18,22,25H,4-12,16,19-20H2,1-3H3. The van der Waals surface area contributed by atoms with Gasteiger partial charge in [-0.3, -0.25) is 3.53 Å². The molecule has 1 unspecified atom stereocenters. The van der Waals surface area contributed by atoms with Gasteiger partial charge >= 0.3 is 0 Å². The van der Waals surface area contributed by atoms with Gasteiger partial charge in [-0.2, -0.15) is 0 Å². The summed E-state index contributed by atoms with van der Waals surface area (Å²) in [6.45, 7) is 6.99. The van der Waals surface area contributed by atoms with Gasteiger partial charge < -0.3 is 0 Å². The van der Waals surface area contributed by atoms with E-state index in [2.05, 4.69) is 77.5 Å². The Kier molecular flexibility index (Phi) is 12.9. The maximum atomic E-state index is 3.52. The Hall–Kier alpha value is -0.0900. The van der Waals surface area contributed by atoms with Crippen molar-refractivity contribution in [3.05, 3.63) is 35.9 Å². The fourth-order valence-electron chi connectivity index (χ4n) is 3.57. The van der Waals surface area contributed by atoms with Crippen molar-refractivity contribution in [3.63, 3.8) is 0 Å². The molecule has 0 fully saturated rings. The molecular formula is C23H40IN. The van der Waals surface area contributed by atoms with E-state index in [1.165, 1.54) is 82.6 Å². The third kappa shape index (κ3) is 10.6. The number of halogens is 1. The van der Waals surface area contributed by atoms with Crippen LogP contribution in [0.4, 0.5) is 0 Å². The maximum Gasteiger partial charge on any atom is 0.0249 e. The van der Waals surface area contributed by atoms with Gasteiger partial charge in [0.15, 0.2) is 0 Å². The molecular weight excluding hydrogens is 417 g/mol. The van der Waals surface area contributed by atoms with Crippen LogP contribution in [0.3, 0.4) is 0 Å². The van der Waals surface area contributed by atoms with Gasteiger partial charge in [-0.1, -0.05) is 101 Å². The minimum atomic E-state index is 0.190. The largest absolute Gasteiger partial charge is 0.255 e. The van der Waals surface area contributed by atoms with Crippen molar-refractivity contribution in [1.82, 2.24) is 3.53 Å². The summed E-state index contributed by atoms with van der Waals surface area (Å²) < 4.78 is 3.52. The van der Waals surface area contributed by atoms with E-state index < -0.39 is 0 Å². The first kappa shape index (κ1) is 23.0. The molecule has 0 aliphatic carbocycles. The van der Waals surface area contributed by atoms with Gasteiger partial charge in [0, 0.05) is 28.4 Å². The van der Waals surface area contributed by atoms with Crippen LogP contribution < -0.4 is 3.53 Å². The fourth-order valence-corrected chi connectivity index (χ4v) is 4.01. The minimum absolute atomic E-state index is 0.190. The lowest BCUT2D eigenvalue weighted by Crippen LogP contribution is -2.41. The van der Waals surface area contributed by atoms with Crippen molar-refractivity contribution in [2.45, 2.75) is 103 Å². The van der Waals surface area contributed by atoms with Crippen LogP contribution in [0.15, 0.2) is 30.3 Å². The smallest absolute Gasteiger partial charge is 0.0249 e. The quantitative estimate of drug-likeness (QED) is 0.161. The average Bonchev–Trinajstić information content (AvgIpc) is 2.63.